The Morgan fingerprint density at radius 3 is 2.29 bits per heavy atom. The summed E-state index contributed by atoms with van der Waals surface area (Å²) in [6, 6.07) is 6.92. The molecule has 0 spiro atoms. The van der Waals surface area contributed by atoms with Gasteiger partial charge >= 0.3 is 5.97 Å². The number of amides is 1. The third kappa shape index (κ3) is 7.89. The monoisotopic (exact) mass is 450 g/mol. The minimum atomic E-state index is -0.696. The van der Waals surface area contributed by atoms with Crippen molar-refractivity contribution in [1.29, 1.82) is 0 Å². The van der Waals surface area contributed by atoms with Crippen LogP contribution in [-0.2, 0) is 20.1 Å². The predicted molar refractivity (Wildman–Crippen MR) is 128 cm³/mol. The minimum absolute atomic E-state index is 0.112. The van der Waals surface area contributed by atoms with Gasteiger partial charge in [-0.15, -0.1) is 11.8 Å². The molecule has 1 amide bonds. The molecule has 0 bridgehead atoms. The third-order valence-electron chi connectivity index (χ3n) is 5.28. The van der Waals surface area contributed by atoms with Crippen LogP contribution >= 0.6 is 11.8 Å². The van der Waals surface area contributed by atoms with E-state index in [2.05, 4.69) is 0 Å². The number of thioether (sulfide) groups is 1. The van der Waals surface area contributed by atoms with Gasteiger partial charge in [-0.05, 0) is 51.3 Å². The molecule has 174 valence electrons. The molecule has 0 heterocycles. The standard InChI is InChI=1S/C24H38N2O4S/c1-9-30-23(28)17(4)14-20(16(2)3)26(7)22(27)21(25)24(5,6)31-15-18-10-12-19(29-8)13-11-18/h10-14,16,20-21H,9,15,25H2,1-8H3/t20-,21-/m1/s1. The zero-order valence-corrected chi connectivity index (χ0v) is 20.9. The molecule has 0 fully saturated rings. The summed E-state index contributed by atoms with van der Waals surface area (Å²) in [6.07, 6.45) is 1.80. The molecule has 31 heavy (non-hydrogen) atoms. The lowest BCUT2D eigenvalue weighted by molar-refractivity contribution is -0.139. The highest BCUT2D eigenvalue weighted by Gasteiger charge is 2.36. The fraction of sp³-hybridized carbons (Fsp3) is 0.583. The number of likely N-dealkylation sites (N-methyl/N-ethyl adjacent to an activating group) is 1. The summed E-state index contributed by atoms with van der Waals surface area (Å²) in [5, 5.41) is 0. The lowest BCUT2D eigenvalue weighted by Gasteiger charge is -2.36. The smallest absolute Gasteiger partial charge is 0.333 e. The van der Waals surface area contributed by atoms with Crippen molar-refractivity contribution in [2.75, 3.05) is 20.8 Å². The van der Waals surface area contributed by atoms with Gasteiger partial charge < -0.3 is 20.1 Å². The summed E-state index contributed by atoms with van der Waals surface area (Å²) in [6.45, 7) is 11.8. The Kier molecular flexibility index (Phi) is 10.6. The molecular weight excluding hydrogens is 412 g/mol. The molecule has 0 saturated carbocycles. The average molecular weight is 451 g/mol. The topological polar surface area (TPSA) is 81.9 Å². The molecule has 0 unspecified atom stereocenters. The van der Waals surface area contributed by atoms with Crippen LogP contribution in [0.1, 0.15) is 47.1 Å². The third-order valence-corrected chi connectivity index (χ3v) is 6.76. The number of rotatable bonds is 11. The van der Waals surface area contributed by atoms with E-state index in [4.69, 9.17) is 15.2 Å². The Balaban J connectivity index is 2.90. The maximum atomic E-state index is 13.2. The number of ether oxygens (including phenoxy) is 2. The molecule has 1 rings (SSSR count). The summed E-state index contributed by atoms with van der Waals surface area (Å²) in [5.41, 5.74) is 8.06. The summed E-state index contributed by atoms with van der Waals surface area (Å²) >= 11 is 1.64. The number of carbonyl (C=O) groups excluding carboxylic acids is 2. The summed E-state index contributed by atoms with van der Waals surface area (Å²) in [7, 11) is 3.38. The van der Waals surface area contributed by atoms with Crippen LogP contribution in [0.3, 0.4) is 0 Å². The second-order valence-electron chi connectivity index (χ2n) is 8.47. The average Bonchev–Trinajstić information content (AvgIpc) is 2.74. The van der Waals surface area contributed by atoms with Crippen LogP contribution in [0.25, 0.3) is 0 Å². The van der Waals surface area contributed by atoms with Crippen LogP contribution in [-0.4, -0.2) is 54.4 Å². The van der Waals surface area contributed by atoms with E-state index in [9.17, 15) is 9.59 Å². The van der Waals surface area contributed by atoms with Crippen molar-refractivity contribution in [3.05, 3.63) is 41.5 Å². The van der Waals surface area contributed by atoms with Crippen LogP contribution < -0.4 is 10.5 Å². The fourth-order valence-electron chi connectivity index (χ4n) is 3.07. The first-order chi connectivity index (χ1) is 14.4. The lowest BCUT2D eigenvalue weighted by Crippen LogP contribution is -2.55. The van der Waals surface area contributed by atoms with Crippen molar-refractivity contribution in [1.82, 2.24) is 4.90 Å². The highest BCUT2D eigenvalue weighted by atomic mass is 32.2. The van der Waals surface area contributed by atoms with Gasteiger partial charge in [-0.1, -0.05) is 32.1 Å². The quantitative estimate of drug-likeness (QED) is 0.405. The molecule has 0 aliphatic heterocycles. The number of nitrogens with zero attached hydrogens (tertiary/aromatic N) is 1. The largest absolute Gasteiger partial charge is 0.497 e. The zero-order chi connectivity index (χ0) is 23.8. The molecule has 6 nitrogen and oxygen atoms in total. The van der Waals surface area contributed by atoms with Gasteiger partial charge in [-0.3, -0.25) is 4.79 Å². The van der Waals surface area contributed by atoms with Gasteiger partial charge in [0.2, 0.25) is 5.91 Å². The summed E-state index contributed by atoms with van der Waals surface area (Å²) < 4.78 is 9.79. The zero-order valence-electron chi connectivity index (χ0n) is 20.1. The van der Waals surface area contributed by atoms with Gasteiger partial charge in [0, 0.05) is 23.1 Å². The minimum Gasteiger partial charge on any atom is -0.497 e. The molecule has 2 atom stereocenters. The highest BCUT2D eigenvalue weighted by molar-refractivity contribution is 7.99. The fourth-order valence-corrected chi connectivity index (χ4v) is 4.08. The number of benzene rings is 1. The number of esters is 1. The Labute approximate surface area is 191 Å². The van der Waals surface area contributed by atoms with Crippen LogP contribution in [0.15, 0.2) is 35.9 Å². The number of methoxy groups -OCH3 is 1. The van der Waals surface area contributed by atoms with Crippen LogP contribution in [0.4, 0.5) is 0 Å². The van der Waals surface area contributed by atoms with E-state index in [1.54, 1.807) is 50.7 Å². The van der Waals surface area contributed by atoms with Gasteiger partial charge in [-0.2, -0.15) is 0 Å². The molecular formula is C24H38N2O4S. The number of carbonyl (C=O) groups is 2. The van der Waals surface area contributed by atoms with E-state index in [0.717, 1.165) is 17.1 Å². The Morgan fingerprint density at radius 1 is 1.23 bits per heavy atom. The van der Waals surface area contributed by atoms with E-state index < -0.39 is 10.8 Å². The number of nitrogens with two attached hydrogens (primary N) is 1. The van der Waals surface area contributed by atoms with Crippen LogP contribution in [0.2, 0.25) is 0 Å². The molecule has 0 saturated heterocycles. The Bertz CT molecular complexity index is 759. The Morgan fingerprint density at radius 2 is 1.81 bits per heavy atom. The van der Waals surface area contributed by atoms with Crippen molar-refractivity contribution in [2.24, 2.45) is 11.7 Å². The summed E-state index contributed by atoms with van der Waals surface area (Å²) in [5.74, 6) is 1.14. The van der Waals surface area contributed by atoms with Crippen LogP contribution in [0, 0.1) is 5.92 Å². The van der Waals surface area contributed by atoms with Gasteiger partial charge in [0.15, 0.2) is 0 Å². The van der Waals surface area contributed by atoms with Crippen molar-refractivity contribution in [3.8, 4) is 5.75 Å². The van der Waals surface area contributed by atoms with E-state index in [1.807, 2.05) is 52.0 Å². The van der Waals surface area contributed by atoms with E-state index in [-0.39, 0.29) is 23.8 Å². The lowest BCUT2D eigenvalue weighted by atomic mass is 9.97. The first-order valence-electron chi connectivity index (χ1n) is 10.6. The highest BCUT2D eigenvalue weighted by Crippen LogP contribution is 2.32. The van der Waals surface area contributed by atoms with Crippen molar-refractivity contribution >= 4 is 23.6 Å². The van der Waals surface area contributed by atoms with E-state index in [1.165, 1.54) is 0 Å². The predicted octanol–water partition coefficient (Wildman–Crippen LogP) is 4.03. The van der Waals surface area contributed by atoms with Gasteiger partial charge in [0.05, 0.1) is 25.8 Å². The first-order valence-corrected chi connectivity index (χ1v) is 11.6. The van der Waals surface area contributed by atoms with Crippen molar-refractivity contribution < 1.29 is 19.1 Å². The molecule has 1 aromatic carbocycles. The van der Waals surface area contributed by atoms with E-state index >= 15 is 0 Å². The molecule has 1 aromatic rings. The molecule has 0 aromatic heterocycles. The first kappa shape index (κ1) is 27.0. The van der Waals surface area contributed by atoms with Gasteiger partial charge in [0.1, 0.15) is 5.75 Å². The van der Waals surface area contributed by atoms with Crippen molar-refractivity contribution in [3.63, 3.8) is 0 Å². The summed E-state index contributed by atoms with van der Waals surface area (Å²) in [4.78, 5) is 26.9. The van der Waals surface area contributed by atoms with E-state index in [0.29, 0.717) is 12.2 Å². The maximum absolute atomic E-state index is 13.2. The molecule has 0 aliphatic rings. The number of hydrogen-bond donors (Lipinski definition) is 1. The molecule has 2 N–H and O–H groups in total. The molecule has 7 heteroatoms. The maximum Gasteiger partial charge on any atom is 0.333 e. The second kappa shape index (κ2) is 12.2. The van der Waals surface area contributed by atoms with Crippen molar-refractivity contribution in [2.45, 2.75) is 64.1 Å². The van der Waals surface area contributed by atoms with Gasteiger partial charge in [0.25, 0.3) is 0 Å². The SMILES string of the molecule is CCOC(=O)C(C)=C[C@H](C(C)C)N(C)C(=O)[C@@H](N)C(C)(C)SCc1ccc(OC)cc1. The normalized spacial score (nSPS) is 14.2. The second-order valence-corrected chi connectivity index (χ2v) is 10.1. The van der Waals surface area contributed by atoms with Crippen LogP contribution in [0.5, 0.6) is 5.75 Å². The molecule has 0 aliphatic carbocycles. The molecule has 0 radical (unpaired) electrons. The number of hydrogen-bond acceptors (Lipinski definition) is 6. The van der Waals surface area contributed by atoms with Gasteiger partial charge in [-0.25, -0.2) is 4.79 Å². The Hall–Kier alpha value is -1.99.